The Bertz CT molecular complexity index is 3000. The highest BCUT2D eigenvalue weighted by molar-refractivity contribution is 5.98. The molecule has 10 atom stereocenters. The standard InChI is InChI=1S/C62H57N/c1-2-13-51-42(9-1)10-8-16-52(51)43-11-7-12-48(35-43)63(49-24-26-59-56(36-49)54-15-4-6-18-58(54)61(59)44-21-19-38-27-40(31-44)33-46(61)29-38)50-23-25-55-53-14-3-5-17-57(53)62(60(55)37-50)45-22-20-39-28-41(32-45)34-47(62)30-39/h1-18,23-26,35-41,44-47H,19-22,27-34H2. The topological polar surface area (TPSA) is 3.24 Å². The molecule has 63 heavy (non-hydrogen) atoms. The Morgan fingerprint density at radius 3 is 1.62 bits per heavy atom. The average molecular weight is 816 g/mol. The number of rotatable bonds is 4. The van der Waals surface area contributed by atoms with Gasteiger partial charge in [0, 0.05) is 27.9 Å². The van der Waals surface area contributed by atoms with Crippen molar-refractivity contribution in [3.05, 3.63) is 174 Å². The van der Waals surface area contributed by atoms with Crippen LogP contribution in [0, 0.1) is 47.3 Å². The molecule has 10 aliphatic carbocycles. The van der Waals surface area contributed by atoms with Gasteiger partial charge >= 0.3 is 0 Å². The summed E-state index contributed by atoms with van der Waals surface area (Å²) in [7, 11) is 0. The van der Waals surface area contributed by atoms with E-state index in [1.165, 1.54) is 138 Å². The largest absolute Gasteiger partial charge is 0.310 e. The number of hydrogen-bond donors (Lipinski definition) is 0. The van der Waals surface area contributed by atoms with Gasteiger partial charge in [0.05, 0.1) is 0 Å². The zero-order valence-electron chi connectivity index (χ0n) is 36.5. The Kier molecular flexibility index (Phi) is 7.48. The molecule has 0 aromatic heterocycles. The minimum absolute atomic E-state index is 0.102. The van der Waals surface area contributed by atoms with Crippen molar-refractivity contribution in [2.24, 2.45) is 47.3 Å². The second kappa shape index (κ2) is 13.1. The third-order valence-electron chi connectivity index (χ3n) is 19.4. The lowest BCUT2D eigenvalue weighted by molar-refractivity contribution is 0.0617. The molecule has 8 saturated carbocycles. The first-order chi connectivity index (χ1) is 31.1. The summed E-state index contributed by atoms with van der Waals surface area (Å²) in [5.41, 5.74) is 19.2. The second-order valence-corrected chi connectivity index (χ2v) is 22.0. The summed E-state index contributed by atoms with van der Waals surface area (Å²) in [5.74, 6) is 6.61. The first-order valence-electron chi connectivity index (χ1n) is 25.0. The van der Waals surface area contributed by atoms with Crippen LogP contribution in [0.15, 0.2) is 152 Å². The predicted octanol–water partition coefficient (Wildman–Crippen LogP) is 16.2. The first kappa shape index (κ1) is 36.0. The Hall–Kier alpha value is -5.40. The van der Waals surface area contributed by atoms with Crippen LogP contribution in [0.4, 0.5) is 17.1 Å². The summed E-state index contributed by atoms with van der Waals surface area (Å²) >= 11 is 0. The molecule has 310 valence electrons. The summed E-state index contributed by atoms with van der Waals surface area (Å²) in [6, 6.07) is 60.1. The van der Waals surface area contributed by atoms with Crippen molar-refractivity contribution in [2.75, 3.05) is 4.90 Å². The molecule has 0 amide bonds. The molecule has 0 N–H and O–H groups in total. The van der Waals surface area contributed by atoms with Gasteiger partial charge in [-0.05, 0) is 214 Å². The molecule has 17 rings (SSSR count). The van der Waals surface area contributed by atoms with Gasteiger partial charge in [-0.15, -0.1) is 0 Å². The smallest absolute Gasteiger partial charge is 0.0468 e. The van der Waals surface area contributed by atoms with E-state index in [-0.39, 0.29) is 10.8 Å². The summed E-state index contributed by atoms with van der Waals surface area (Å²) in [6.07, 6.45) is 17.0. The molecule has 0 radical (unpaired) electrons. The van der Waals surface area contributed by atoms with E-state index in [9.17, 15) is 0 Å². The number of fused-ring (bicyclic) bond motifs is 9. The summed E-state index contributed by atoms with van der Waals surface area (Å²) in [5, 5.41) is 2.60. The van der Waals surface area contributed by atoms with Crippen LogP contribution >= 0.6 is 0 Å². The molecule has 0 saturated heterocycles. The SMILES string of the molecule is c1cc(-c2cccc3ccccc23)cc(N(c2ccc3c(c2)-c2ccccc2C32C3CCC4CC(C3)CC2C4)c2ccc3c(c2)C2(c4ccccc4-3)C3CCC4CC(C3)CC2C4)c1. The average Bonchev–Trinajstić information content (AvgIpc) is 3.54. The van der Waals surface area contributed by atoms with E-state index in [2.05, 4.69) is 157 Å². The van der Waals surface area contributed by atoms with E-state index < -0.39 is 0 Å². The van der Waals surface area contributed by atoms with Gasteiger partial charge < -0.3 is 4.90 Å². The molecule has 0 heterocycles. The van der Waals surface area contributed by atoms with Gasteiger partial charge in [0.1, 0.15) is 0 Å². The number of nitrogens with zero attached hydrogens (tertiary/aromatic N) is 1. The van der Waals surface area contributed by atoms with Gasteiger partial charge in [-0.1, -0.05) is 128 Å². The van der Waals surface area contributed by atoms with Crippen molar-refractivity contribution in [1.29, 1.82) is 0 Å². The van der Waals surface area contributed by atoms with Crippen LogP contribution in [0.1, 0.15) is 99.3 Å². The highest BCUT2D eigenvalue weighted by atomic mass is 15.1. The van der Waals surface area contributed by atoms with Crippen LogP contribution < -0.4 is 4.90 Å². The summed E-state index contributed by atoms with van der Waals surface area (Å²) < 4.78 is 0. The van der Waals surface area contributed by atoms with Crippen LogP contribution in [-0.2, 0) is 10.8 Å². The van der Waals surface area contributed by atoms with Crippen LogP contribution in [0.2, 0.25) is 0 Å². The second-order valence-electron chi connectivity index (χ2n) is 22.0. The maximum Gasteiger partial charge on any atom is 0.0468 e. The fourth-order valence-electron chi connectivity index (χ4n) is 17.6. The van der Waals surface area contributed by atoms with E-state index in [4.69, 9.17) is 0 Å². The molecule has 8 fully saturated rings. The minimum Gasteiger partial charge on any atom is -0.310 e. The minimum atomic E-state index is 0.102. The molecule has 7 aromatic rings. The predicted molar refractivity (Wildman–Crippen MR) is 260 cm³/mol. The van der Waals surface area contributed by atoms with Crippen molar-refractivity contribution in [3.8, 4) is 33.4 Å². The van der Waals surface area contributed by atoms with E-state index in [0.29, 0.717) is 5.92 Å². The Morgan fingerprint density at radius 1 is 0.333 bits per heavy atom. The van der Waals surface area contributed by atoms with Crippen molar-refractivity contribution in [3.63, 3.8) is 0 Å². The van der Waals surface area contributed by atoms with Gasteiger partial charge in [0.25, 0.3) is 0 Å². The Morgan fingerprint density at radius 2 is 0.857 bits per heavy atom. The van der Waals surface area contributed by atoms with Crippen LogP contribution in [0.5, 0.6) is 0 Å². The fourth-order valence-corrected chi connectivity index (χ4v) is 17.6. The first-order valence-corrected chi connectivity index (χ1v) is 25.0. The molecule has 8 bridgehead atoms. The highest BCUT2D eigenvalue weighted by Crippen LogP contribution is 2.70. The third-order valence-corrected chi connectivity index (χ3v) is 19.4. The van der Waals surface area contributed by atoms with E-state index in [1.807, 2.05) is 0 Å². The molecule has 0 aliphatic heterocycles. The summed E-state index contributed by atoms with van der Waals surface area (Å²) in [4.78, 5) is 2.66. The lowest BCUT2D eigenvalue weighted by atomic mass is 9.51. The highest BCUT2D eigenvalue weighted by Gasteiger charge is 2.61. The monoisotopic (exact) mass is 815 g/mol. The van der Waals surface area contributed by atoms with Crippen molar-refractivity contribution in [2.45, 2.75) is 87.9 Å². The Balaban J connectivity index is 0.950. The lowest BCUT2D eigenvalue weighted by Crippen LogP contribution is -2.48. The molecule has 1 heteroatoms. The van der Waals surface area contributed by atoms with Gasteiger partial charge in [-0.2, -0.15) is 0 Å². The summed E-state index contributed by atoms with van der Waals surface area (Å²) in [6.45, 7) is 0. The Labute approximate surface area is 373 Å². The van der Waals surface area contributed by atoms with Gasteiger partial charge in [0.2, 0.25) is 0 Å². The van der Waals surface area contributed by atoms with Gasteiger partial charge in [-0.3, -0.25) is 0 Å². The quantitative estimate of drug-likeness (QED) is 0.171. The zero-order chi connectivity index (χ0) is 41.0. The molecule has 2 spiro atoms. The van der Waals surface area contributed by atoms with Crippen molar-refractivity contribution in [1.82, 2.24) is 0 Å². The molecule has 10 aliphatic rings. The fraction of sp³-hybridized carbons (Fsp3) is 0.355. The third kappa shape index (κ3) is 4.79. The van der Waals surface area contributed by atoms with Gasteiger partial charge in [0.15, 0.2) is 0 Å². The van der Waals surface area contributed by atoms with Gasteiger partial charge in [-0.25, -0.2) is 0 Å². The number of benzene rings is 7. The van der Waals surface area contributed by atoms with E-state index in [0.717, 1.165) is 41.4 Å². The zero-order valence-corrected chi connectivity index (χ0v) is 36.5. The molecule has 1 nitrogen and oxygen atoms in total. The van der Waals surface area contributed by atoms with Crippen LogP contribution in [-0.4, -0.2) is 0 Å². The lowest BCUT2D eigenvalue weighted by Gasteiger charge is -2.53. The number of anilines is 3. The normalized spacial score (nSPS) is 32.1. The van der Waals surface area contributed by atoms with E-state index in [1.54, 1.807) is 22.3 Å². The maximum absolute atomic E-state index is 2.72. The maximum atomic E-state index is 2.72. The van der Waals surface area contributed by atoms with Crippen LogP contribution in [0.25, 0.3) is 44.2 Å². The van der Waals surface area contributed by atoms with Crippen molar-refractivity contribution >= 4 is 27.8 Å². The molecular weight excluding hydrogens is 759 g/mol. The van der Waals surface area contributed by atoms with E-state index >= 15 is 0 Å². The number of hydrogen-bond acceptors (Lipinski definition) is 1. The van der Waals surface area contributed by atoms with Crippen LogP contribution in [0.3, 0.4) is 0 Å². The molecule has 7 aromatic carbocycles. The van der Waals surface area contributed by atoms with Crippen molar-refractivity contribution < 1.29 is 0 Å². The molecule has 10 unspecified atom stereocenters. The molecular formula is C62H57N.